The maximum absolute atomic E-state index is 12.3. The molecule has 0 saturated carbocycles. The molecule has 0 fully saturated rings. The molecule has 0 aliphatic carbocycles. The fourth-order valence-electron chi connectivity index (χ4n) is 0.461. The summed E-state index contributed by atoms with van der Waals surface area (Å²) in [6.07, 6.45) is -6.28. The first-order valence-electron chi connectivity index (χ1n) is 3.17. The lowest BCUT2D eigenvalue weighted by atomic mass is 10.2. The molecule has 84 valence electrons. The summed E-state index contributed by atoms with van der Waals surface area (Å²) in [6.45, 7) is -0.726. The van der Waals surface area contributed by atoms with E-state index in [2.05, 4.69) is 4.43 Å². The van der Waals surface area contributed by atoms with Gasteiger partial charge in [0, 0.05) is 0 Å². The van der Waals surface area contributed by atoms with Crippen LogP contribution in [0.1, 0.15) is 0 Å². The Labute approximate surface area is 77.2 Å². The fraction of sp³-hybridized carbons (Fsp3) is 1.00. The van der Waals surface area contributed by atoms with Gasteiger partial charge in [0.25, 0.3) is 0 Å². The lowest BCUT2D eigenvalue weighted by molar-refractivity contribution is -0.358. The average molecular weight is 242 g/mol. The molecule has 0 heterocycles. The maximum Gasteiger partial charge on any atom is 0.459 e. The molecular formula is C5H5F7OSi. The van der Waals surface area contributed by atoms with Gasteiger partial charge in [-0.15, -0.1) is 0 Å². The molecular weight excluding hydrogens is 237 g/mol. The summed E-state index contributed by atoms with van der Waals surface area (Å²) in [4.78, 5) is 0. The Hall–Kier alpha value is -0.313. The summed E-state index contributed by atoms with van der Waals surface area (Å²) < 4.78 is 87.0. The Bertz CT molecular complexity index is 189. The van der Waals surface area contributed by atoms with Gasteiger partial charge in [0.05, 0.1) is 0 Å². The van der Waals surface area contributed by atoms with Crippen LogP contribution in [0.3, 0.4) is 0 Å². The van der Waals surface area contributed by atoms with Crippen LogP contribution in [-0.2, 0) is 4.43 Å². The highest BCUT2D eigenvalue weighted by Crippen LogP contribution is 2.46. The number of rotatable bonds is 4. The van der Waals surface area contributed by atoms with E-state index in [-0.39, 0.29) is 0 Å². The monoisotopic (exact) mass is 242 g/mol. The molecule has 0 saturated heterocycles. The molecule has 0 bridgehead atoms. The predicted molar refractivity (Wildman–Crippen MR) is 33.5 cm³/mol. The van der Waals surface area contributed by atoms with Crippen molar-refractivity contribution in [2.24, 2.45) is 0 Å². The first kappa shape index (κ1) is 13.7. The zero-order chi connectivity index (χ0) is 11.6. The molecule has 0 aromatic rings. The highest BCUT2D eigenvalue weighted by Gasteiger charge is 2.72. The third-order valence-corrected chi connectivity index (χ3v) is 1.65. The Kier molecular flexibility index (Phi) is 3.96. The van der Waals surface area contributed by atoms with Crippen molar-refractivity contribution < 1.29 is 35.2 Å². The van der Waals surface area contributed by atoms with Crippen LogP contribution in [0.2, 0.25) is 6.55 Å². The van der Waals surface area contributed by atoms with Gasteiger partial charge in [-0.05, 0) is 6.55 Å². The molecule has 0 N–H and O–H groups in total. The third-order valence-electron chi connectivity index (χ3n) is 1.21. The fourth-order valence-corrected chi connectivity index (χ4v) is 0.786. The van der Waals surface area contributed by atoms with E-state index in [1.807, 2.05) is 0 Å². The minimum atomic E-state index is -6.28. The van der Waals surface area contributed by atoms with Gasteiger partial charge in [-0.2, -0.15) is 30.7 Å². The Morgan fingerprint density at radius 2 is 1.43 bits per heavy atom. The van der Waals surface area contributed by atoms with Gasteiger partial charge in [0.15, 0.2) is 0 Å². The van der Waals surface area contributed by atoms with Gasteiger partial charge < -0.3 is 4.43 Å². The molecule has 0 spiro atoms. The second-order valence-electron chi connectivity index (χ2n) is 2.27. The van der Waals surface area contributed by atoms with Crippen molar-refractivity contribution in [2.75, 3.05) is 6.61 Å². The van der Waals surface area contributed by atoms with Crippen LogP contribution in [0, 0.1) is 0 Å². The molecule has 14 heavy (non-hydrogen) atoms. The summed E-state index contributed by atoms with van der Waals surface area (Å²) in [5.41, 5.74) is 0. The Morgan fingerprint density at radius 1 is 1.00 bits per heavy atom. The quantitative estimate of drug-likeness (QED) is 0.543. The topological polar surface area (TPSA) is 9.23 Å². The van der Waals surface area contributed by atoms with Crippen LogP contribution < -0.4 is 0 Å². The van der Waals surface area contributed by atoms with E-state index in [9.17, 15) is 30.7 Å². The van der Waals surface area contributed by atoms with Crippen molar-refractivity contribution in [3.63, 3.8) is 0 Å². The van der Waals surface area contributed by atoms with Crippen LogP contribution in [0.4, 0.5) is 30.7 Å². The van der Waals surface area contributed by atoms with Gasteiger partial charge in [-0.1, -0.05) is 0 Å². The molecule has 9 heteroatoms. The number of hydrogen-bond acceptors (Lipinski definition) is 1. The van der Waals surface area contributed by atoms with Crippen LogP contribution in [0.5, 0.6) is 0 Å². The highest BCUT2D eigenvalue weighted by atomic mass is 28.2. The lowest BCUT2D eigenvalue weighted by Gasteiger charge is -2.27. The first-order chi connectivity index (χ1) is 6.06. The van der Waals surface area contributed by atoms with E-state index in [0.29, 0.717) is 0 Å². The molecule has 0 unspecified atom stereocenters. The van der Waals surface area contributed by atoms with Crippen LogP contribution in [-0.4, -0.2) is 34.4 Å². The number of halogens is 7. The van der Waals surface area contributed by atoms with E-state index in [0.717, 1.165) is 0 Å². The first-order valence-corrected chi connectivity index (χ1v) is 4.58. The van der Waals surface area contributed by atoms with Gasteiger partial charge in [0.2, 0.25) is 9.76 Å². The van der Waals surface area contributed by atoms with Gasteiger partial charge in [-0.3, -0.25) is 0 Å². The van der Waals surface area contributed by atoms with Gasteiger partial charge >= 0.3 is 18.0 Å². The van der Waals surface area contributed by atoms with Crippen LogP contribution >= 0.6 is 0 Å². The molecule has 2 radical (unpaired) electrons. The van der Waals surface area contributed by atoms with Crippen molar-refractivity contribution in [2.45, 2.75) is 24.6 Å². The minimum Gasteiger partial charge on any atom is -0.411 e. The van der Waals surface area contributed by atoms with E-state index in [4.69, 9.17) is 0 Å². The summed E-state index contributed by atoms with van der Waals surface area (Å²) in [5, 5.41) is 0. The van der Waals surface area contributed by atoms with Crippen molar-refractivity contribution in [1.82, 2.24) is 0 Å². The van der Waals surface area contributed by atoms with E-state index < -0.39 is 34.4 Å². The van der Waals surface area contributed by atoms with Crippen molar-refractivity contribution in [3.05, 3.63) is 0 Å². The second kappa shape index (κ2) is 4.05. The highest BCUT2D eigenvalue weighted by molar-refractivity contribution is 6.24. The number of alkyl halides is 7. The Morgan fingerprint density at radius 3 is 1.71 bits per heavy atom. The molecule has 0 aromatic heterocycles. The summed E-state index contributed by atoms with van der Waals surface area (Å²) in [5.74, 6) is -11.3. The average Bonchev–Trinajstić information content (AvgIpc) is 1.98. The van der Waals surface area contributed by atoms with Gasteiger partial charge in [0.1, 0.15) is 6.61 Å². The minimum absolute atomic E-state index is 0.587. The normalized spacial score (nSPS) is 14.6. The van der Waals surface area contributed by atoms with Crippen LogP contribution in [0.25, 0.3) is 0 Å². The van der Waals surface area contributed by atoms with Crippen molar-refractivity contribution in [3.8, 4) is 0 Å². The molecule has 1 nitrogen and oxygen atoms in total. The van der Waals surface area contributed by atoms with E-state index >= 15 is 0 Å². The second-order valence-corrected chi connectivity index (χ2v) is 2.97. The van der Waals surface area contributed by atoms with Gasteiger partial charge in [-0.25, -0.2) is 0 Å². The SMILES string of the molecule is C[Si]OCC(F)(F)C(F)(F)C(F)(F)F. The third kappa shape index (κ3) is 2.59. The summed E-state index contributed by atoms with van der Waals surface area (Å²) in [7, 11) is -0.587. The predicted octanol–water partition coefficient (Wildman–Crippen LogP) is 2.50. The van der Waals surface area contributed by atoms with Crippen LogP contribution in [0.15, 0.2) is 0 Å². The van der Waals surface area contributed by atoms with E-state index in [1.165, 1.54) is 6.55 Å². The molecule has 0 atom stereocenters. The molecule has 0 aromatic carbocycles. The maximum atomic E-state index is 12.3. The molecule has 0 aliphatic rings. The van der Waals surface area contributed by atoms with Crippen molar-refractivity contribution >= 4 is 9.76 Å². The molecule has 0 amide bonds. The van der Waals surface area contributed by atoms with Crippen molar-refractivity contribution in [1.29, 1.82) is 0 Å². The zero-order valence-corrected chi connectivity index (χ0v) is 7.76. The summed E-state index contributed by atoms with van der Waals surface area (Å²) in [6, 6.07) is 0. The smallest absolute Gasteiger partial charge is 0.411 e. The zero-order valence-electron chi connectivity index (χ0n) is 6.76. The van der Waals surface area contributed by atoms with E-state index in [1.54, 1.807) is 0 Å². The molecule has 0 aliphatic heterocycles. The standard InChI is InChI=1S/C5H5F7OSi/c1-14-13-2-3(6,7)4(8,9)5(10,11)12/h2H2,1H3. The largest absolute Gasteiger partial charge is 0.459 e. The summed E-state index contributed by atoms with van der Waals surface area (Å²) >= 11 is 0. The molecule has 0 rings (SSSR count). The Balaban J connectivity index is 4.69. The number of hydrogen-bond donors (Lipinski definition) is 0. The lowest BCUT2D eigenvalue weighted by Crippen LogP contribution is -2.54.